The minimum absolute atomic E-state index is 0.00707. The van der Waals surface area contributed by atoms with Crippen molar-refractivity contribution in [2.75, 3.05) is 15.1 Å². The predicted molar refractivity (Wildman–Crippen MR) is 276 cm³/mol. The molecule has 0 radical (unpaired) electrons. The molecule has 12 nitrogen and oxygen atoms in total. The maximum Gasteiger partial charge on any atom is 0.416 e. The minimum atomic E-state index is -5.14. The molecular formula is C55H69F9N8O4S. The first-order valence-corrected chi connectivity index (χ1v) is 27.2. The number of aromatic nitrogens is 4. The molecule has 2 atom stereocenters. The van der Waals surface area contributed by atoms with Crippen LogP contribution in [0.15, 0.2) is 65.6 Å². The van der Waals surface area contributed by atoms with Gasteiger partial charge >= 0.3 is 18.5 Å². The molecule has 1 aliphatic heterocycles. The topological polar surface area (TPSA) is 156 Å². The van der Waals surface area contributed by atoms with Gasteiger partial charge in [0.1, 0.15) is 0 Å². The lowest BCUT2D eigenvalue weighted by molar-refractivity contribution is -0.143. The average Bonchev–Trinajstić information content (AvgIpc) is 3.82. The number of nitrogens with two attached hydrogens (primary N) is 1. The molecule has 0 saturated heterocycles. The number of amides is 3. The first-order chi connectivity index (χ1) is 36.2. The third-order valence-electron chi connectivity index (χ3n) is 15.3. The molecule has 4 aromatic rings. The number of carbonyl (C=O) groups excluding carboxylic acids is 4. The highest BCUT2D eigenvalue weighted by Gasteiger charge is 2.45. The highest BCUT2D eigenvalue weighted by atomic mass is 32.2. The first kappa shape index (κ1) is 60.6. The molecule has 3 aromatic carbocycles. The summed E-state index contributed by atoms with van der Waals surface area (Å²) in [5.41, 5.74) is 1.30. The molecule has 422 valence electrons. The summed E-state index contributed by atoms with van der Waals surface area (Å²) in [5, 5.41) is 15.1. The van der Waals surface area contributed by atoms with Crippen LogP contribution in [0, 0.1) is 29.1 Å². The van der Waals surface area contributed by atoms with Crippen LogP contribution in [-0.4, -0.2) is 49.1 Å². The van der Waals surface area contributed by atoms with Crippen molar-refractivity contribution in [3.8, 4) is 0 Å². The van der Waals surface area contributed by atoms with Crippen molar-refractivity contribution >= 4 is 51.9 Å². The molecular weight excluding hydrogens is 1040 g/mol. The van der Waals surface area contributed by atoms with Crippen LogP contribution in [0.5, 0.6) is 0 Å². The number of halogens is 9. The van der Waals surface area contributed by atoms with E-state index in [2.05, 4.69) is 34.6 Å². The lowest BCUT2D eigenvalue weighted by atomic mass is 9.67. The molecule has 3 amide bonds. The lowest BCUT2D eigenvalue weighted by Gasteiger charge is -2.46. The van der Waals surface area contributed by atoms with Crippen LogP contribution in [0.1, 0.15) is 165 Å². The van der Waals surface area contributed by atoms with E-state index >= 15 is 0 Å². The van der Waals surface area contributed by atoms with Crippen molar-refractivity contribution in [3.63, 3.8) is 0 Å². The fraction of sp³-hybridized carbons (Fsp3) is 0.582. The Labute approximate surface area is 447 Å². The Hall–Kier alpha value is -5.67. The quantitative estimate of drug-likeness (QED) is 0.0823. The number of rotatable bonds is 16. The molecule has 3 N–H and O–H groups in total. The van der Waals surface area contributed by atoms with Gasteiger partial charge in [0.2, 0.25) is 17.7 Å². The van der Waals surface area contributed by atoms with Crippen LogP contribution in [0.2, 0.25) is 0 Å². The van der Waals surface area contributed by atoms with Gasteiger partial charge in [0.05, 0.1) is 35.5 Å². The van der Waals surface area contributed by atoms with E-state index in [9.17, 15) is 58.7 Å². The van der Waals surface area contributed by atoms with Gasteiger partial charge in [-0.1, -0.05) is 84.0 Å². The van der Waals surface area contributed by atoms with Gasteiger partial charge < -0.3 is 20.9 Å². The summed E-state index contributed by atoms with van der Waals surface area (Å²) in [6, 6.07) is 9.81. The van der Waals surface area contributed by atoms with Crippen LogP contribution in [0.4, 0.5) is 56.8 Å². The molecule has 2 fully saturated rings. The Morgan fingerprint density at radius 2 is 1.43 bits per heavy atom. The number of carbonyl (C=O) groups is 4. The van der Waals surface area contributed by atoms with Gasteiger partial charge in [-0.25, -0.2) is 0 Å². The van der Waals surface area contributed by atoms with E-state index in [1.165, 1.54) is 35.0 Å². The Kier molecular flexibility index (Phi) is 20.0. The van der Waals surface area contributed by atoms with E-state index in [-0.39, 0.29) is 70.3 Å². The summed E-state index contributed by atoms with van der Waals surface area (Å²) in [4.78, 5) is 55.7. The zero-order valence-electron chi connectivity index (χ0n) is 44.3. The van der Waals surface area contributed by atoms with Crippen LogP contribution in [0.25, 0.3) is 0 Å². The molecule has 2 saturated carbocycles. The summed E-state index contributed by atoms with van der Waals surface area (Å²) < 4.78 is 125. The number of hydrogen-bond donors (Lipinski definition) is 2. The number of nitrogens with one attached hydrogen (secondary N) is 1. The highest BCUT2D eigenvalue weighted by molar-refractivity contribution is 8.13. The number of primary amides is 1. The molecule has 0 spiro atoms. The number of para-hydroxylation sites is 1. The van der Waals surface area contributed by atoms with Crippen LogP contribution in [-0.2, 0) is 51.3 Å². The van der Waals surface area contributed by atoms with E-state index in [0.717, 1.165) is 78.5 Å². The average molecular weight is 1110 g/mol. The molecule has 2 unspecified atom stereocenters. The number of nitrogens with zero attached hydrogens (tertiary/aromatic N) is 6. The number of anilines is 3. The van der Waals surface area contributed by atoms with E-state index in [1.54, 1.807) is 6.92 Å². The number of fused-ring (bicyclic) bond motifs is 1. The van der Waals surface area contributed by atoms with Crippen molar-refractivity contribution in [1.29, 1.82) is 0 Å². The fourth-order valence-corrected chi connectivity index (χ4v) is 11.8. The number of thioether (sulfide) groups is 1. The highest BCUT2D eigenvalue weighted by Crippen LogP contribution is 2.48. The molecule has 2 aliphatic carbocycles. The second-order valence-corrected chi connectivity index (χ2v) is 22.1. The summed E-state index contributed by atoms with van der Waals surface area (Å²) in [6.45, 7) is 9.35. The van der Waals surface area contributed by atoms with Crippen molar-refractivity contribution in [2.45, 2.75) is 173 Å². The van der Waals surface area contributed by atoms with Gasteiger partial charge in [0.25, 0.3) is 5.95 Å². The second-order valence-electron chi connectivity index (χ2n) is 21.1. The van der Waals surface area contributed by atoms with E-state index in [0.29, 0.717) is 50.2 Å². The van der Waals surface area contributed by atoms with Crippen LogP contribution in [0.3, 0.4) is 0 Å². The smallest absolute Gasteiger partial charge is 0.370 e. The second kappa shape index (κ2) is 25.4. The summed E-state index contributed by atoms with van der Waals surface area (Å²) in [5.74, 6) is -0.807. The molecule has 7 rings (SSSR count). The zero-order valence-corrected chi connectivity index (χ0v) is 45.1. The minimum Gasteiger partial charge on any atom is -0.370 e. The number of alkyl halides is 9. The third-order valence-corrected chi connectivity index (χ3v) is 16.6. The summed E-state index contributed by atoms with van der Waals surface area (Å²) in [7, 11) is 1.37. The SMILES string of the molecule is CCC(CC)CC1(C(=O)Nc2ccccc2SC(=O)C(C)C)CCCCC1.CCC1CC(N(Cc2cc(C(F)(F)F)cc(C(F)(F)F)c2)c2nnn(C)n2)c2cc(C(F)(F)F)ccc2N1C(=O)[C@H]1CC[C@@H](CC(N)=O)CC1. The number of hydrogen-bond acceptors (Lipinski definition) is 9. The van der Waals surface area contributed by atoms with E-state index in [1.807, 2.05) is 38.1 Å². The molecule has 77 heavy (non-hydrogen) atoms. The third kappa shape index (κ3) is 15.3. The molecule has 2 heterocycles. The van der Waals surface area contributed by atoms with Crippen molar-refractivity contribution < 1.29 is 58.7 Å². The number of benzene rings is 3. The van der Waals surface area contributed by atoms with Crippen molar-refractivity contribution in [3.05, 3.63) is 88.5 Å². The van der Waals surface area contributed by atoms with Crippen LogP contribution >= 0.6 is 11.8 Å². The number of aryl methyl sites for hydroxylation is 1. The Bertz CT molecular complexity index is 2640. The van der Waals surface area contributed by atoms with Gasteiger partial charge in [-0.2, -0.15) is 44.3 Å². The summed E-state index contributed by atoms with van der Waals surface area (Å²) >= 11 is 1.24. The molecule has 0 bridgehead atoms. The van der Waals surface area contributed by atoms with E-state index < -0.39 is 71.2 Å². The van der Waals surface area contributed by atoms with Crippen LogP contribution < -0.4 is 20.9 Å². The van der Waals surface area contributed by atoms with Gasteiger partial charge in [-0.15, -0.1) is 5.10 Å². The summed E-state index contributed by atoms with van der Waals surface area (Å²) in [6.07, 6.45) is -4.03. The maximum absolute atomic E-state index is 14.1. The Morgan fingerprint density at radius 3 is 1.96 bits per heavy atom. The normalized spacial score (nSPS) is 19.8. The van der Waals surface area contributed by atoms with Gasteiger partial charge in [-0.3, -0.25) is 19.2 Å². The molecule has 1 aromatic heterocycles. The van der Waals surface area contributed by atoms with Crippen molar-refractivity contribution in [1.82, 2.24) is 20.2 Å². The maximum atomic E-state index is 14.1. The molecule has 3 aliphatic rings. The van der Waals surface area contributed by atoms with Gasteiger partial charge in [0, 0.05) is 46.8 Å². The Morgan fingerprint density at radius 1 is 0.818 bits per heavy atom. The standard InChI is InChI=1S/C32H34F9N7O2.C23H35NO2S/c1-3-23-15-26(47(29-43-45-46(2)44-29)16-18-10-21(31(36,37)38)13-22(11-18)32(39,40)41)24-14-20(30(33,34)35)8-9-25(24)48(23)28(50)19-6-4-17(5-7-19)12-27(42)49;1-5-18(6-2)16-23(14-10-7-11-15-23)22(26)24-19-12-8-9-13-20(19)27-21(25)17(3)4/h8-11,13-14,17,19,23,26H,3-7,12,15-16H2,1-2H3,(H2,42,49);8-9,12-13,17-18H,5-7,10-11,14-16H2,1-4H3,(H,24,26)/t17-,19+,23?,26?;. The van der Waals surface area contributed by atoms with Gasteiger partial charge in [0.15, 0.2) is 5.12 Å². The van der Waals surface area contributed by atoms with Crippen molar-refractivity contribution in [2.24, 2.45) is 41.9 Å². The fourth-order valence-electron chi connectivity index (χ4n) is 11.0. The monoisotopic (exact) mass is 1110 g/mol. The number of tetrazole rings is 1. The predicted octanol–water partition coefficient (Wildman–Crippen LogP) is 13.9. The Balaban J connectivity index is 0.000000300. The zero-order chi connectivity index (χ0) is 56.6. The first-order valence-electron chi connectivity index (χ1n) is 26.4. The van der Waals surface area contributed by atoms with E-state index in [4.69, 9.17) is 5.73 Å². The largest absolute Gasteiger partial charge is 0.416 e. The van der Waals surface area contributed by atoms with Gasteiger partial charge in [-0.05, 0) is 146 Å². The molecule has 22 heteroatoms. The lowest BCUT2D eigenvalue weighted by Crippen LogP contribution is -2.50.